The van der Waals surface area contributed by atoms with Gasteiger partial charge >= 0.3 is 0 Å². The molecule has 2 N–H and O–H groups in total. The number of nitrogens with zero attached hydrogens (tertiary/aromatic N) is 4. The summed E-state index contributed by atoms with van der Waals surface area (Å²) in [5, 5.41) is 7.79. The molecule has 0 spiro atoms. The fraction of sp³-hybridized carbons (Fsp3) is 0.250. The van der Waals surface area contributed by atoms with E-state index in [9.17, 15) is 22.4 Å². The van der Waals surface area contributed by atoms with Crippen LogP contribution in [0.25, 0.3) is 5.69 Å². The van der Waals surface area contributed by atoms with Gasteiger partial charge in [0.25, 0.3) is 0 Å². The second kappa shape index (κ2) is 7.86. The number of fused-ring (bicyclic) bond motifs is 3. The number of amides is 1. The second-order valence-electron chi connectivity index (χ2n) is 7.19. The summed E-state index contributed by atoms with van der Waals surface area (Å²) in [4.78, 5) is 14.4. The molecule has 1 aliphatic rings. The largest absolute Gasteiger partial charge is 0.332 e. The number of carbonyl (C=O) groups is 1. The molecule has 10 heteroatoms. The fourth-order valence-electron chi connectivity index (χ4n) is 3.50. The van der Waals surface area contributed by atoms with Crippen molar-refractivity contribution in [3.05, 3.63) is 76.6 Å². The molecule has 1 aliphatic heterocycles. The number of hydrogen-bond donors (Lipinski definition) is 1. The first-order chi connectivity index (χ1) is 14.3. The predicted molar refractivity (Wildman–Crippen MR) is 98.2 cm³/mol. The van der Waals surface area contributed by atoms with Crippen LogP contribution < -0.4 is 5.73 Å². The topological polar surface area (TPSA) is 77.0 Å². The van der Waals surface area contributed by atoms with Crippen LogP contribution in [0.1, 0.15) is 23.2 Å². The summed E-state index contributed by atoms with van der Waals surface area (Å²) in [7, 11) is 0. The Balaban J connectivity index is 1.51. The summed E-state index contributed by atoms with van der Waals surface area (Å²) in [6.45, 7) is 0.373. The molecule has 4 rings (SSSR count). The summed E-state index contributed by atoms with van der Waals surface area (Å²) in [5.74, 6) is -4.15. The number of nitrogens with two attached hydrogens (primary N) is 1. The molecule has 0 saturated heterocycles. The molecule has 6 nitrogen and oxygen atoms in total. The molecule has 0 unspecified atom stereocenters. The average molecular weight is 419 g/mol. The number of hydrogen-bond acceptors (Lipinski definition) is 4. The Hall–Kier alpha value is -3.27. The molecular weight excluding hydrogens is 402 g/mol. The van der Waals surface area contributed by atoms with Crippen LogP contribution in [0.5, 0.6) is 0 Å². The van der Waals surface area contributed by atoms with Gasteiger partial charge in [0.15, 0.2) is 11.6 Å². The smallest absolute Gasteiger partial charge is 0.224 e. The maximum absolute atomic E-state index is 13.9. The van der Waals surface area contributed by atoms with E-state index in [0.717, 1.165) is 6.07 Å². The average Bonchev–Trinajstić information content (AvgIpc) is 3.09. The van der Waals surface area contributed by atoms with Gasteiger partial charge < -0.3 is 10.6 Å². The highest BCUT2D eigenvalue weighted by Crippen LogP contribution is 2.25. The van der Waals surface area contributed by atoms with Crippen molar-refractivity contribution in [2.45, 2.75) is 32.0 Å². The lowest BCUT2D eigenvalue weighted by atomic mass is 10.0. The molecule has 0 bridgehead atoms. The number of benzene rings is 2. The highest BCUT2D eigenvalue weighted by Gasteiger charge is 2.25. The maximum atomic E-state index is 13.9. The molecule has 0 aliphatic carbocycles. The number of carbonyl (C=O) groups excluding carboxylic acids is 1. The normalized spacial score (nSPS) is 14.1. The van der Waals surface area contributed by atoms with Gasteiger partial charge in [-0.1, -0.05) is 11.3 Å². The van der Waals surface area contributed by atoms with Crippen molar-refractivity contribution in [3.8, 4) is 5.69 Å². The first-order valence-corrected chi connectivity index (χ1v) is 9.17. The molecular formula is C20H17F4N5O. The zero-order chi connectivity index (χ0) is 21.4. The van der Waals surface area contributed by atoms with Crippen LogP contribution in [0.2, 0.25) is 0 Å². The van der Waals surface area contributed by atoms with E-state index in [4.69, 9.17) is 5.73 Å². The first kappa shape index (κ1) is 20.0. The van der Waals surface area contributed by atoms with E-state index < -0.39 is 29.3 Å². The Labute approximate surface area is 168 Å². The molecule has 1 amide bonds. The van der Waals surface area contributed by atoms with E-state index in [2.05, 4.69) is 10.3 Å². The molecule has 0 fully saturated rings. The van der Waals surface area contributed by atoms with E-state index in [1.807, 2.05) is 0 Å². The molecule has 0 saturated carbocycles. The van der Waals surface area contributed by atoms with E-state index in [0.29, 0.717) is 23.0 Å². The van der Waals surface area contributed by atoms with Crippen molar-refractivity contribution in [2.24, 2.45) is 5.73 Å². The lowest BCUT2D eigenvalue weighted by Crippen LogP contribution is -2.36. The van der Waals surface area contributed by atoms with Gasteiger partial charge in [-0.15, -0.1) is 5.10 Å². The lowest BCUT2D eigenvalue weighted by Gasteiger charge is -2.22. The summed E-state index contributed by atoms with van der Waals surface area (Å²) in [6.07, 6.45) is 1.21. The SMILES string of the molecule is N[C@@H](CC(=O)N1Cc2ccc(F)cc2-n2nncc2C1)Cc1cc(F)c(F)cc1F. The van der Waals surface area contributed by atoms with Crippen LogP contribution in [-0.4, -0.2) is 31.8 Å². The van der Waals surface area contributed by atoms with Crippen LogP contribution in [0.3, 0.4) is 0 Å². The number of halogens is 4. The molecule has 1 atom stereocenters. The van der Waals surface area contributed by atoms with Crippen molar-refractivity contribution in [2.75, 3.05) is 0 Å². The second-order valence-corrected chi connectivity index (χ2v) is 7.19. The van der Waals surface area contributed by atoms with E-state index in [1.54, 1.807) is 6.07 Å². The molecule has 1 aromatic heterocycles. The van der Waals surface area contributed by atoms with E-state index >= 15 is 0 Å². The minimum atomic E-state index is -1.29. The van der Waals surface area contributed by atoms with Crippen LogP contribution in [0, 0.1) is 23.3 Å². The first-order valence-electron chi connectivity index (χ1n) is 9.17. The number of rotatable bonds is 4. The van der Waals surface area contributed by atoms with Crippen LogP contribution in [0.15, 0.2) is 36.5 Å². The summed E-state index contributed by atoms with van der Waals surface area (Å²) in [6, 6.07) is 4.57. The molecule has 0 radical (unpaired) electrons. The molecule has 156 valence electrons. The summed E-state index contributed by atoms with van der Waals surface area (Å²) in [5.41, 5.74) is 7.64. The minimum absolute atomic E-state index is 0.104. The van der Waals surface area contributed by atoms with Crippen molar-refractivity contribution in [1.82, 2.24) is 19.9 Å². The summed E-state index contributed by atoms with van der Waals surface area (Å²) >= 11 is 0. The monoisotopic (exact) mass is 419 g/mol. The minimum Gasteiger partial charge on any atom is -0.332 e. The Morgan fingerprint density at radius 2 is 1.83 bits per heavy atom. The van der Waals surface area contributed by atoms with Gasteiger partial charge in [0, 0.05) is 25.1 Å². The van der Waals surface area contributed by atoms with E-state index in [-0.39, 0.29) is 37.4 Å². The summed E-state index contributed by atoms with van der Waals surface area (Å²) < 4.78 is 55.5. The zero-order valence-corrected chi connectivity index (χ0v) is 15.7. The van der Waals surface area contributed by atoms with Gasteiger partial charge in [-0.3, -0.25) is 4.79 Å². The highest BCUT2D eigenvalue weighted by molar-refractivity contribution is 5.77. The van der Waals surface area contributed by atoms with Crippen molar-refractivity contribution in [3.63, 3.8) is 0 Å². The standard InChI is InChI=1S/C20H17F4N5O/c21-13-2-1-11-9-28(10-15-8-26-27-29(15)19(11)5-13)20(30)6-14(25)3-12-4-17(23)18(24)7-16(12)22/h1-2,4-5,7-8,14H,3,6,9-10,25H2/t14-/m1/s1. The third kappa shape index (κ3) is 3.90. The highest BCUT2D eigenvalue weighted by atomic mass is 19.2. The Bertz CT molecular complexity index is 1120. The quantitative estimate of drug-likeness (QED) is 0.521. The van der Waals surface area contributed by atoms with Gasteiger partial charge in [0.1, 0.15) is 11.6 Å². The van der Waals surface area contributed by atoms with Gasteiger partial charge in [-0.25, -0.2) is 22.2 Å². The van der Waals surface area contributed by atoms with Crippen molar-refractivity contribution in [1.29, 1.82) is 0 Å². The fourth-order valence-corrected chi connectivity index (χ4v) is 3.50. The van der Waals surface area contributed by atoms with Crippen LogP contribution in [0.4, 0.5) is 17.6 Å². The molecule has 30 heavy (non-hydrogen) atoms. The molecule has 2 heterocycles. The third-order valence-electron chi connectivity index (χ3n) is 4.97. The van der Waals surface area contributed by atoms with Crippen LogP contribution in [-0.2, 0) is 24.3 Å². The predicted octanol–water partition coefficient (Wildman–Crippen LogP) is 2.63. The van der Waals surface area contributed by atoms with Gasteiger partial charge in [-0.2, -0.15) is 0 Å². The van der Waals surface area contributed by atoms with E-state index in [1.165, 1.54) is 27.9 Å². The third-order valence-corrected chi connectivity index (χ3v) is 4.97. The molecule has 2 aromatic carbocycles. The van der Waals surface area contributed by atoms with Crippen molar-refractivity contribution < 1.29 is 22.4 Å². The Morgan fingerprint density at radius 1 is 1.07 bits per heavy atom. The maximum Gasteiger partial charge on any atom is 0.224 e. The van der Waals surface area contributed by atoms with Gasteiger partial charge in [-0.05, 0) is 35.7 Å². The Kier molecular flexibility index (Phi) is 5.25. The lowest BCUT2D eigenvalue weighted by molar-refractivity contribution is -0.132. The van der Waals surface area contributed by atoms with Crippen molar-refractivity contribution >= 4 is 5.91 Å². The molecule has 3 aromatic rings. The van der Waals surface area contributed by atoms with Gasteiger partial charge in [0.2, 0.25) is 5.91 Å². The van der Waals surface area contributed by atoms with Gasteiger partial charge in [0.05, 0.1) is 24.1 Å². The zero-order valence-electron chi connectivity index (χ0n) is 15.7. The Morgan fingerprint density at radius 3 is 2.63 bits per heavy atom. The number of aromatic nitrogens is 3. The van der Waals surface area contributed by atoms with Crippen LogP contribution >= 0.6 is 0 Å².